The molecule has 1 aliphatic heterocycles. The van der Waals surface area contributed by atoms with E-state index in [0.29, 0.717) is 28.5 Å². The van der Waals surface area contributed by atoms with Gasteiger partial charge < -0.3 is 10.5 Å². The van der Waals surface area contributed by atoms with Crippen LogP contribution in [-0.2, 0) is 4.74 Å². The van der Waals surface area contributed by atoms with E-state index < -0.39 is 0 Å². The van der Waals surface area contributed by atoms with E-state index in [1.54, 1.807) is 18.2 Å². The van der Waals surface area contributed by atoms with E-state index in [2.05, 4.69) is 0 Å². The van der Waals surface area contributed by atoms with Crippen LogP contribution in [0.4, 0.5) is 5.69 Å². The van der Waals surface area contributed by atoms with Crippen LogP contribution in [0, 0.1) is 0 Å². The zero-order valence-electron chi connectivity index (χ0n) is 8.70. The van der Waals surface area contributed by atoms with E-state index in [9.17, 15) is 4.79 Å². The summed E-state index contributed by atoms with van der Waals surface area (Å²) in [4.78, 5) is 12.0. The van der Waals surface area contributed by atoms with Gasteiger partial charge in [0.25, 0.3) is 0 Å². The Kier molecular flexibility index (Phi) is 3.15. The Labute approximate surface area is 98.8 Å². The van der Waals surface area contributed by atoms with Gasteiger partial charge in [-0.15, -0.1) is 0 Å². The summed E-state index contributed by atoms with van der Waals surface area (Å²) in [5, 5.41) is 0.406. The van der Waals surface area contributed by atoms with E-state index in [0.717, 1.165) is 12.8 Å². The molecule has 0 fully saturated rings. The Hall–Kier alpha value is -1.48. The van der Waals surface area contributed by atoms with E-state index in [1.807, 2.05) is 0 Å². The highest BCUT2D eigenvalue weighted by Gasteiger charge is 2.15. The molecule has 84 valence electrons. The van der Waals surface area contributed by atoms with Crippen molar-refractivity contribution in [3.8, 4) is 0 Å². The van der Waals surface area contributed by atoms with Crippen LogP contribution in [0.5, 0.6) is 0 Å². The van der Waals surface area contributed by atoms with Crippen molar-refractivity contribution in [1.29, 1.82) is 0 Å². The van der Waals surface area contributed by atoms with Crippen molar-refractivity contribution in [2.75, 3.05) is 12.3 Å². The second kappa shape index (κ2) is 4.58. The number of halogens is 1. The first-order valence-electron chi connectivity index (χ1n) is 5.09. The highest BCUT2D eigenvalue weighted by Crippen LogP contribution is 2.23. The van der Waals surface area contributed by atoms with Gasteiger partial charge in [0.15, 0.2) is 5.78 Å². The zero-order valence-corrected chi connectivity index (χ0v) is 9.46. The maximum atomic E-state index is 12.0. The first kappa shape index (κ1) is 11.0. The average Bonchev–Trinajstić information content (AvgIpc) is 2.33. The summed E-state index contributed by atoms with van der Waals surface area (Å²) in [5.41, 5.74) is 7.30. The molecule has 1 aliphatic rings. The molecule has 0 aliphatic carbocycles. The minimum Gasteiger partial charge on any atom is -0.501 e. The van der Waals surface area contributed by atoms with E-state index >= 15 is 0 Å². The van der Waals surface area contributed by atoms with Crippen LogP contribution >= 0.6 is 11.6 Å². The van der Waals surface area contributed by atoms with Crippen molar-refractivity contribution in [1.82, 2.24) is 0 Å². The molecule has 16 heavy (non-hydrogen) atoms. The van der Waals surface area contributed by atoms with Gasteiger partial charge >= 0.3 is 0 Å². The van der Waals surface area contributed by atoms with Crippen LogP contribution in [-0.4, -0.2) is 12.4 Å². The van der Waals surface area contributed by atoms with E-state index in [4.69, 9.17) is 22.1 Å². The number of carbonyl (C=O) groups excluding carboxylic acids is 1. The number of rotatable bonds is 2. The molecule has 3 nitrogen and oxygen atoms in total. The molecule has 0 saturated heterocycles. The van der Waals surface area contributed by atoms with Crippen molar-refractivity contribution in [3.63, 3.8) is 0 Å². The van der Waals surface area contributed by atoms with Crippen LogP contribution in [0.15, 0.2) is 30.0 Å². The molecule has 4 heteroatoms. The largest absolute Gasteiger partial charge is 0.501 e. The quantitative estimate of drug-likeness (QED) is 0.636. The van der Waals surface area contributed by atoms with Gasteiger partial charge in [-0.25, -0.2) is 0 Å². The summed E-state index contributed by atoms with van der Waals surface area (Å²) in [7, 11) is 0. The van der Waals surface area contributed by atoms with Crippen LogP contribution in [0.3, 0.4) is 0 Å². The molecular weight excluding hydrogens is 226 g/mol. The van der Waals surface area contributed by atoms with Crippen molar-refractivity contribution in [3.05, 3.63) is 40.6 Å². The number of ketones is 1. The van der Waals surface area contributed by atoms with Gasteiger partial charge in [-0.2, -0.15) is 0 Å². The molecule has 0 aromatic heterocycles. The van der Waals surface area contributed by atoms with Gasteiger partial charge in [0, 0.05) is 11.1 Å². The van der Waals surface area contributed by atoms with Gasteiger partial charge in [-0.1, -0.05) is 11.6 Å². The fourth-order valence-corrected chi connectivity index (χ4v) is 1.77. The maximum Gasteiger partial charge on any atom is 0.192 e. The highest BCUT2D eigenvalue weighted by atomic mass is 35.5. The Balaban J connectivity index is 2.26. The molecule has 1 heterocycles. The van der Waals surface area contributed by atoms with Crippen molar-refractivity contribution in [2.24, 2.45) is 0 Å². The molecule has 0 spiro atoms. The third kappa shape index (κ3) is 2.19. The van der Waals surface area contributed by atoms with Crippen molar-refractivity contribution >= 4 is 23.1 Å². The molecule has 0 atom stereocenters. The fraction of sp³-hybridized carbons (Fsp3) is 0.250. The second-order valence-corrected chi connectivity index (χ2v) is 4.09. The molecule has 0 saturated carbocycles. The molecular formula is C12H12ClNO2. The Morgan fingerprint density at radius 2 is 2.25 bits per heavy atom. The first-order valence-corrected chi connectivity index (χ1v) is 5.46. The number of nitrogen functional groups attached to an aromatic ring is 1. The third-order valence-corrected chi connectivity index (χ3v) is 2.82. The van der Waals surface area contributed by atoms with Gasteiger partial charge in [0.05, 0.1) is 23.6 Å². The standard InChI is InChI=1S/C12H12ClNO2/c13-10-6-8(3-4-11(10)14)12(15)9-2-1-5-16-7-9/h3-4,6-7H,1-2,5,14H2. The van der Waals surface area contributed by atoms with Crippen LogP contribution < -0.4 is 5.73 Å². The summed E-state index contributed by atoms with van der Waals surface area (Å²) in [6.45, 7) is 0.680. The number of benzene rings is 1. The lowest BCUT2D eigenvalue weighted by molar-refractivity contribution is 0.101. The van der Waals surface area contributed by atoms with Crippen molar-refractivity contribution < 1.29 is 9.53 Å². The number of anilines is 1. The monoisotopic (exact) mass is 237 g/mol. The predicted octanol–water partition coefficient (Wildman–Crippen LogP) is 2.80. The minimum atomic E-state index is -0.0402. The fourth-order valence-electron chi connectivity index (χ4n) is 1.59. The first-order chi connectivity index (χ1) is 7.68. The smallest absolute Gasteiger partial charge is 0.192 e. The molecule has 2 N–H and O–H groups in total. The topological polar surface area (TPSA) is 52.3 Å². The van der Waals surface area contributed by atoms with Crippen LogP contribution in [0.25, 0.3) is 0 Å². The SMILES string of the molecule is Nc1ccc(C(=O)C2=COCCC2)cc1Cl. The number of carbonyl (C=O) groups is 1. The third-order valence-electron chi connectivity index (χ3n) is 2.49. The molecule has 1 aromatic carbocycles. The summed E-state index contributed by atoms with van der Waals surface area (Å²) in [5.74, 6) is -0.0402. The van der Waals surface area contributed by atoms with Gasteiger partial charge in [-0.3, -0.25) is 4.79 Å². The molecule has 0 amide bonds. The molecule has 0 radical (unpaired) electrons. The van der Waals surface area contributed by atoms with Crippen LogP contribution in [0.1, 0.15) is 23.2 Å². The highest BCUT2D eigenvalue weighted by molar-refractivity contribution is 6.33. The average molecular weight is 238 g/mol. The maximum absolute atomic E-state index is 12.0. The summed E-state index contributed by atoms with van der Waals surface area (Å²) < 4.78 is 5.14. The second-order valence-electron chi connectivity index (χ2n) is 3.68. The van der Waals surface area contributed by atoms with Crippen molar-refractivity contribution in [2.45, 2.75) is 12.8 Å². The Morgan fingerprint density at radius 3 is 2.88 bits per heavy atom. The number of Topliss-reactive ketones (excluding diaryl/α,β-unsaturated/α-hetero) is 1. The number of ether oxygens (including phenoxy) is 1. The molecule has 0 unspecified atom stereocenters. The number of nitrogens with two attached hydrogens (primary N) is 1. The van der Waals surface area contributed by atoms with E-state index in [-0.39, 0.29) is 5.78 Å². The number of allylic oxidation sites excluding steroid dienone is 1. The van der Waals surface area contributed by atoms with Gasteiger partial charge in [0.1, 0.15) is 0 Å². The Bertz CT molecular complexity index is 454. The normalized spacial score (nSPS) is 15.2. The minimum absolute atomic E-state index is 0.0402. The number of hydrogen-bond donors (Lipinski definition) is 1. The molecule has 1 aromatic rings. The summed E-state index contributed by atoms with van der Waals surface area (Å²) in [6.07, 6.45) is 3.16. The molecule has 0 bridgehead atoms. The van der Waals surface area contributed by atoms with E-state index in [1.165, 1.54) is 6.26 Å². The summed E-state index contributed by atoms with van der Waals surface area (Å²) >= 11 is 5.87. The lowest BCUT2D eigenvalue weighted by atomic mass is 9.99. The van der Waals surface area contributed by atoms with Gasteiger partial charge in [0.2, 0.25) is 0 Å². The van der Waals surface area contributed by atoms with Gasteiger partial charge in [-0.05, 0) is 31.0 Å². The lowest BCUT2D eigenvalue weighted by Gasteiger charge is -2.12. The zero-order chi connectivity index (χ0) is 11.5. The van der Waals surface area contributed by atoms with Crippen LogP contribution in [0.2, 0.25) is 5.02 Å². The predicted molar refractivity (Wildman–Crippen MR) is 63.5 cm³/mol. The lowest BCUT2D eigenvalue weighted by Crippen LogP contribution is -2.09. The Morgan fingerprint density at radius 1 is 1.44 bits per heavy atom. The molecule has 2 rings (SSSR count). The number of hydrogen-bond acceptors (Lipinski definition) is 3. The summed E-state index contributed by atoms with van der Waals surface area (Å²) in [6, 6.07) is 4.91.